The molecule has 1 unspecified atom stereocenters. The van der Waals surface area contributed by atoms with Crippen molar-refractivity contribution in [1.82, 2.24) is 5.32 Å². The first-order valence-corrected chi connectivity index (χ1v) is 8.74. The van der Waals surface area contributed by atoms with Crippen LogP contribution in [-0.2, 0) is 4.79 Å². The first-order chi connectivity index (χ1) is 8.72. The van der Waals surface area contributed by atoms with Crippen LogP contribution < -0.4 is 9.78 Å². The van der Waals surface area contributed by atoms with E-state index >= 15 is 0 Å². The van der Waals surface area contributed by atoms with Crippen LogP contribution in [0.3, 0.4) is 0 Å². The van der Waals surface area contributed by atoms with Gasteiger partial charge in [-0.2, -0.15) is 0 Å². The van der Waals surface area contributed by atoms with E-state index in [0.717, 1.165) is 11.7 Å². The number of amides is 1. The number of benzene rings is 1. The third-order valence-electron chi connectivity index (χ3n) is 2.76. The molecule has 0 aliphatic rings. The third-order valence-corrected chi connectivity index (χ3v) is 5.22. The van der Waals surface area contributed by atoms with Crippen LogP contribution in [0.15, 0.2) is 30.3 Å². The van der Waals surface area contributed by atoms with Crippen LogP contribution in [0.25, 0.3) is 0 Å². The van der Waals surface area contributed by atoms with Gasteiger partial charge in [0.05, 0.1) is 0 Å². The quantitative estimate of drug-likeness (QED) is 0.580. The predicted molar refractivity (Wildman–Crippen MR) is 78.4 cm³/mol. The molecule has 1 N–H and O–H groups in total. The van der Waals surface area contributed by atoms with Crippen molar-refractivity contribution in [3.63, 3.8) is 0 Å². The fourth-order valence-corrected chi connectivity index (χ4v) is 3.92. The van der Waals surface area contributed by atoms with E-state index in [0.29, 0.717) is 21.0 Å². The number of carbonyl (C=O) groups is 1. The van der Waals surface area contributed by atoms with Crippen molar-refractivity contribution < 1.29 is 4.79 Å². The Balaban J connectivity index is 2.37. The van der Waals surface area contributed by atoms with Crippen LogP contribution in [0.2, 0.25) is 5.32 Å². The van der Waals surface area contributed by atoms with Gasteiger partial charge in [-0.25, -0.2) is 0 Å². The molecule has 0 aromatic heterocycles. The van der Waals surface area contributed by atoms with Crippen molar-refractivity contribution >= 4 is 25.3 Å². The Labute approximate surface area is 117 Å². The van der Waals surface area contributed by atoms with Gasteiger partial charge < -0.3 is 0 Å². The van der Waals surface area contributed by atoms with Crippen LogP contribution in [0, 0.1) is 0 Å². The monoisotopic (exact) mass is 313 g/mol. The molecule has 1 aromatic rings. The topological polar surface area (TPSA) is 29.1 Å². The van der Waals surface area contributed by atoms with Crippen molar-refractivity contribution in [1.29, 1.82) is 0 Å². The molecule has 3 heteroatoms. The van der Waals surface area contributed by atoms with Crippen LogP contribution >= 0.6 is 0 Å². The second-order valence-corrected chi connectivity index (χ2v) is 6.81. The molecule has 0 bridgehead atoms. The summed E-state index contributed by atoms with van der Waals surface area (Å²) in [6, 6.07) is 10.9. The number of nitrogens with one attached hydrogen (secondary N) is 1. The molecule has 0 aliphatic heterocycles. The fourth-order valence-electron chi connectivity index (χ4n) is 1.84. The van der Waals surface area contributed by atoms with Crippen LogP contribution in [0.5, 0.6) is 0 Å². The molecule has 1 aromatic carbocycles. The molecule has 1 atom stereocenters. The van der Waals surface area contributed by atoms with Gasteiger partial charge in [0.2, 0.25) is 0 Å². The SMILES string of the molecule is CCCCCC(C[Se]c1ccccc1)NC(C)=O. The van der Waals surface area contributed by atoms with E-state index < -0.39 is 0 Å². The summed E-state index contributed by atoms with van der Waals surface area (Å²) in [7, 11) is 0. The van der Waals surface area contributed by atoms with Gasteiger partial charge in [-0.15, -0.1) is 0 Å². The molecular weight excluding hydrogens is 289 g/mol. The van der Waals surface area contributed by atoms with Crippen molar-refractivity contribution in [2.24, 2.45) is 0 Å². The summed E-state index contributed by atoms with van der Waals surface area (Å²) in [5.41, 5.74) is 0. The number of hydrogen-bond acceptors (Lipinski definition) is 1. The zero-order valence-electron chi connectivity index (χ0n) is 11.3. The standard InChI is InChI=1S/C15H23NOSe/c1-3-4-6-9-14(16-13(2)17)12-18-15-10-7-5-8-11-15/h5,7-8,10-11,14H,3-4,6,9,12H2,1-2H3,(H,16,17). The number of unbranched alkanes of at least 4 members (excludes halogenated alkanes) is 2. The molecule has 0 saturated heterocycles. The van der Waals surface area contributed by atoms with E-state index in [1.807, 2.05) is 6.07 Å². The van der Waals surface area contributed by atoms with E-state index in [4.69, 9.17) is 0 Å². The van der Waals surface area contributed by atoms with Crippen molar-refractivity contribution in [2.45, 2.75) is 50.9 Å². The van der Waals surface area contributed by atoms with Gasteiger partial charge in [0.15, 0.2) is 0 Å². The van der Waals surface area contributed by atoms with Gasteiger partial charge >= 0.3 is 117 Å². The average Bonchev–Trinajstić information content (AvgIpc) is 2.37. The maximum atomic E-state index is 11.2. The molecular formula is C15H23NOSe. The van der Waals surface area contributed by atoms with Crippen molar-refractivity contribution in [3.05, 3.63) is 30.3 Å². The molecule has 100 valence electrons. The van der Waals surface area contributed by atoms with Gasteiger partial charge in [0.1, 0.15) is 0 Å². The summed E-state index contributed by atoms with van der Waals surface area (Å²) in [5, 5.41) is 4.18. The predicted octanol–water partition coefficient (Wildman–Crippen LogP) is 2.52. The van der Waals surface area contributed by atoms with E-state index in [1.165, 1.54) is 23.7 Å². The summed E-state index contributed by atoms with van der Waals surface area (Å²) in [6.07, 6.45) is 4.82. The van der Waals surface area contributed by atoms with E-state index in [2.05, 4.69) is 36.5 Å². The summed E-state index contributed by atoms with van der Waals surface area (Å²) < 4.78 is 1.41. The Morgan fingerprint density at radius 2 is 2.00 bits per heavy atom. The first-order valence-electron chi connectivity index (χ1n) is 6.67. The van der Waals surface area contributed by atoms with Gasteiger partial charge in [-0.1, -0.05) is 0 Å². The Bertz CT molecular complexity index is 340. The zero-order chi connectivity index (χ0) is 13.2. The number of rotatable bonds is 8. The fraction of sp³-hybridized carbons (Fsp3) is 0.533. The second kappa shape index (κ2) is 9.18. The van der Waals surface area contributed by atoms with Crippen LogP contribution in [0.4, 0.5) is 0 Å². The molecule has 1 rings (SSSR count). The van der Waals surface area contributed by atoms with Gasteiger partial charge in [0, 0.05) is 0 Å². The zero-order valence-corrected chi connectivity index (χ0v) is 13.0. The Kier molecular flexibility index (Phi) is 7.79. The molecule has 18 heavy (non-hydrogen) atoms. The van der Waals surface area contributed by atoms with Crippen molar-refractivity contribution in [2.75, 3.05) is 0 Å². The third kappa shape index (κ3) is 6.83. The van der Waals surface area contributed by atoms with E-state index in [9.17, 15) is 4.79 Å². The molecule has 0 radical (unpaired) electrons. The molecule has 0 spiro atoms. The normalized spacial score (nSPS) is 12.1. The number of carbonyl (C=O) groups excluding carboxylic acids is 1. The summed E-state index contributed by atoms with van der Waals surface area (Å²) in [6.45, 7) is 3.82. The van der Waals surface area contributed by atoms with Crippen LogP contribution in [0.1, 0.15) is 39.5 Å². The second-order valence-electron chi connectivity index (χ2n) is 4.52. The van der Waals surface area contributed by atoms with E-state index in [1.54, 1.807) is 6.92 Å². The summed E-state index contributed by atoms with van der Waals surface area (Å²) in [5.74, 6) is 0.0976. The minimum absolute atomic E-state index is 0.0976. The van der Waals surface area contributed by atoms with Gasteiger partial charge in [-0.3, -0.25) is 0 Å². The molecule has 1 amide bonds. The molecule has 0 aliphatic carbocycles. The summed E-state index contributed by atoms with van der Waals surface area (Å²) >= 11 is 0.459. The first kappa shape index (κ1) is 15.3. The Morgan fingerprint density at radius 1 is 1.28 bits per heavy atom. The number of hydrogen-bond donors (Lipinski definition) is 1. The van der Waals surface area contributed by atoms with E-state index in [-0.39, 0.29) is 5.91 Å². The molecule has 0 fully saturated rings. The average molecular weight is 312 g/mol. The van der Waals surface area contributed by atoms with Crippen LogP contribution in [-0.4, -0.2) is 26.9 Å². The molecule has 0 saturated carbocycles. The van der Waals surface area contributed by atoms with Gasteiger partial charge in [0.25, 0.3) is 0 Å². The minimum atomic E-state index is 0.0976. The van der Waals surface area contributed by atoms with Gasteiger partial charge in [-0.05, 0) is 0 Å². The Morgan fingerprint density at radius 3 is 2.61 bits per heavy atom. The molecule has 2 nitrogen and oxygen atoms in total. The maximum absolute atomic E-state index is 11.2. The summed E-state index contributed by atoms with van der Waals surface area (Å²) in [4.78, 5) is 11.2. The Hall–Kier alpha value is -0.791. The molecule has 0 heterocycles. The van der Waals surface area contributed by atoms with Crippen molar-refractivity contribution in [3.8, 4) is 0 Å².